The summed E-state index contributed by atoms with van der Waals surface area (Å²) >= 11 is 0. The second-order valence-electron chi connectivity index (χ2n) is 7.73. The molecule has 1 aliphatic rings. The van der Waals surface area contributed by atoms with Crippen LogP contribution in [-0.4, -0.2) is 60.0 Å². The van der Waals surface area contributed by atoms with Gasteiger partial charge in [-0.25, -0.2) is 4.39 Å². The van der Waals surface area contributed by atoms with Gasteiger partial charge < -0.3 is 15.3 Å². The number of piperidine rings is 1. The van der Waals surface area contributed by atoms with Crippen molar-refractivity contribution in [3.8, 4) is 0 Å². The minimum absolute atomic E-state index is 0.0438. The monoisotopic (exact) mass is 415 g/mol. The molecule has 0 aromatic heterocycles. The summed E-state index contributed by atoms with van der Waals surface area (Å²) in [6.07, 6.45) is 1.37. The Morgan fingerprint density at radius 2 is 1.83 bits per heavy atom. The van der Waals surface area contributed by atoms with Crippen LogP contribution < -0.4 is 5.32 Å². The minimum atomic E-state index is -0.695. The van der Waals surface area contributed by atoms with Crippen LogP contribution in [0.2, 0.25) is 0 Å². The molecule has 2 N–H and O–H groups in total. The van der Waals surface area contributed by atoms with Gasteiger partial charge in [-0.3, -0.25) is 14.5 Å². The average molecular weight is 416 g/mol. The number of amides is 1. The number of aryl methyl sites for hydroxylation is 1. The Bertz CT molecular complexity index is 849. The second kappa shape index (κ2) is 10.7. The maximum absolute atomic E-state index is 13.6. The molecule has 1 amide bonds. The number of likely N-dealkylation sites (tertiary alicyclic amines) is 1. The topological polar surface area (TPSA) is 72.9 Å². The third-order valence-corrected chi connectivity index (χ3v) is 5.39. The van der Waals surface area contributed by atoms with E-state index in [2.05, 4.69) is 41.4 Å². The SMILES string of the molecule is Cc1ccccc1CN1CCC(Nc2cccc(F)c2)(C(=O)N(C)C)CC1.O=CO. The molecule has 7 heteroatoms. The molecular weight excluding hydrogens is 385 g/mol. The largest absolute Gasteiger partial charge is 0.483 e. The van der Waals surface area contributed by atoms with Crippen LogP contribution in [0.4, 0.5) is 10.1 Å². The normalized spacial score (nSPS) is 15.5. The molecule has 2 aromatic rings. The Balaban J connectivity index is 0.00000101. The molecule has 0 atom stereocenters. The highest BCUT2D eigenvalue weighted by molar-refractivity contribution is 5.89. The molecule has 0 saturated carbocycles. The number of halogens is 1. The molecular formula is C23H30FN3O3. The highest BCUT2D eigenvalue weighted by Crippen LogP contribution is 2.30. The van der Waals surface area contributed by atoms with Gasteiger partial charge in [0.25, 0.3) is 6.47 Å². The van der Waals surface area contributed by atoms with Crippen molar-refractivity contribution < 1.29 is 19.1 Å². The van der Waals surface area contributed by atoms with Gasteiger partial charge in [0.1, 0.15) is 11.4 Å². The van der Waals surface area contributed by atoms with Gasteiger partial charge >= 0.3 is 0 Å². The lowest BCUT2D eigenvalue weighted by molar-refractivity contribution is -0.135. The first kappa shape index (κ1) is 23.3. The fourth-order valence-electron chi connectivity index (χ4n) is 3.78. The van der Waals surface area contributed by atoms with Crippen LogP contribution in [0.5, 0.6) is 0 Å². The van der Waals surface area contributed by atoms with Gasteiger partial charge in [0.15, 0.2) is 0 Å². The lowest BCUT2D eigenvalue weighted by Crippen LogP contribution is -2.57. The predicted octanol–water partition coefficient (Wildman–Crippen LogP) is 3.37. The number of nitrogens with one attached hydrogen (secondary N) is 1. The fourth-order valence-corrected chi connectivity index (χ4v) is 3.78. The third kappa shape index (κ3) is 6.03. The van der Waals surface area contributed by atoms with Crippen molar-refractivity contribution in [2.24, 2.45) is 0 Å². The molecule has 2 aromatic carbocycles. The van der Waals surface area contributed by atoms with Gasteiger partial charge in [-0.05, 0) is 49.1 Å². The number of carbonyl (C=O) groups is 2. The molecule has 162 valence electrons. The molecule has 0 radical (unpaired) electrons. The van der Waals surface area contributed by atoms with E-state index in [1.807, 2.05) is 6.07 Å². The Kier molecular flexibility index (Phi) is 8.35. The van der Waals surface area contributed by atoms with Gasteiger partial charge in [0.2, 0.25) is 5.91 Å². The summed E-state index contributed by atoms with van der Waals surface area (Å²) in [5.41, 5.74) is 2.57. The fraction of sp³-hybridized carbons (Fsp3) is 0.391. The molecule has 0 spiro atoms. The lowest BCUT2D eigenvalue weighted by atomic mass is 9.85. The third-order valence-electron chi connectivity index (χ3n) is 5.39. The number of anilines is 1. The van der Waals surface area contributed by atoms with Crippen molar-refractivity contribution in [1.29, 1.82) is 0 Å². The summed E-state index contributed by atoms with van der Waals surface area (Å²) in [4.78, 5) is 25.4. The highest BCUT2D eigenvalue weighted by Gasteiger charge is 2.42. The number of likely N-dealkylation sites (N-methyl/N-ethyl adjacent to an activating group) is 1. The Hall–Kier alpha value is -2.93. The lowest BCUT2D eigenvalue weighted by Gasteiger charge is -2.43. The standard InChI is InChI=1S/C22H28FN3O.CH2O2/c1-17-7-4-5-8-18(17)16-26-13-11-22(12-14-26,21(27)25(2)3)24-20-10-6-9-19(23)15-20;2-1-3/h4-10,15,24H,11-14,16H2,1-3H3;1H,(H,2,3). The van der Waals surface area contributed by atoms with E-state index < -0.39 is 5.54 Å². The summed E-state index contributed by atoms with van der Waals surface area (Å²) in [5, 5.41) is 10.2. The van der Waals surface area contributed by atoms with Crippen molar-refractivity contribution in [1.82, 2.24) is 9.80 Å². The van der Waals surface area contributed by atoms with Crippen LogP contribution >= 0.6 is 0 Å². The molecule has 30 heavy (non-hydrogen) atoms. The number of hydrogen-bond donors (Lipinski definition) is 2. The van der Waals surface area contributed by atoms with E-state index >= 15 is 0 Å². The van der Waals surface area contributed by atoms with E-state index in [-0.39, 0.29) is 18.2 Å². The van der Waals surface area contributed by atoms with Crippen LogP contribution in [0.3, 0.4) is 0 Å². The zero-order valence-corrected chi connectivity index (χ0v) is 17.8. The van der Waals surface area contributed by atoms with Crippen molar-refractivity contribution in [2.45, 2.75) is 31.8 Å². The average Bonchev–Trinajstić information content (AvgIpc) is 2.71. The quantitative estimate of drug-likeness (QED) is 0.733. The Labute approximate surface area is 177 Å². The Morgan fingerprint density at radius 1 is 1.20 bits per heavy atom. The molecule has 0 unspecified atom stereocenters. The first-order valence-electron chi connectivity index (χ1n) is 9.91. The summed E-state index contributed by atoms with van der Waals surface area (Å²) < 4.78 is 13.6. The van der Waals surface area contributed by atoms with Crippen LogP contribution in [0.1, 0.15) is 24.0 Å². The molecule has 3 rings (SSSR count). The smallest absolute Gasteiger partial charge is 0.290 e. The zero-order chi connectivity index (χ0) is 22.1. The summed E-state index contributed by atoms with van der Waals surface area (Å²) in [7, 11) is 3.55. The first-order valence-corrected chi connectivity index (χ1v) is 9.91. The maximum atomic E-state index is 13.6. The number of benzene rings is 2. The van der Waals surface area contributed by atoms with E-state index in [1.165, 1.54) is 23.3 Å². The first-order chi connectivity index (χ1) is 14.3. The summed E-state index contributed by atoms with van der Waals surface area (Å²) in [6.45, 7) is 4.40. The Morgan fingerprint density at radius 3 is 2.40 bits per heavy atom. The number of carboxylic acid groups (broad SMARTS) is 1. The van der Waals surface area contributed by atoms with Crippen molar-refractivity contribution in [2.75, 3.05) is 32.5 Å². The van der Waals surface area contributed by atoms with E-state index in [9.17, 15) is 9.18 Å². The van der Waals surface area contributed by atoms with Crippen LogP contribution in [-0.2, 0) is 16.1 Å². The molecule has 1 saturated heterocycles. The molecule has 0 aliphatic carbocycles. The number of rotatable bonds is 5. The summed E-state index contributed by atoms with van der Waals surface area (Å²) in [6, 6.07) is 14.8. The molecule has 1 fully saturated rings. The predicted molar refractivity (Wildman–Crippen MR) is 116 cm³/mol. The van der Waals surface area contributed by atoms with Crippen LogP contribution in [0.25, 0.3) is 0 Å². The molecule has 1 heterocycles. The highest BCUT2D eigenvalue weighted by atomic mass is 19.1. The maximum Gasteiger partial charge on any atom is 0.290 e. The van der Waals surface area contributed by atoms with E-state index in [1.54, 1.807) is 25.1 Å². The number of nitrogens with zero attached hydrogens (tertiary/aromatic N) is 2. The minimum Gasteiger partial charge on any atom is -0.483 e. The second-order valence-corrected chi connectivity index (χ2v) is 7.73. The van der Waals surface area contributed by atoms with Gasteiger partial charge in [-0.15, -0.1) is 0 Å². The van der Waals surface area contributed by atoms with Gasteiger partial charge in [-0.2, -0.15) is 0 Å². The number of carbonyl (C=O) groups excluding carboxylic acids is 1. The summed E-state index contributed by atoms with van der Waals surface area (Å²) in [5.74, 6) is -0.258. The van der Waals surface area contributed by atoms with E-state index in [0.717, 1.165) is 19.6 Å². The van der Waals surface area contributed by atoms with Gasteiger partial charge in [-0.1, -0.05) is 30.3 Å². The molecule has 1 aliphatic heterocycles. The van der Waals surface area contributed by atoms with E-state index in [0.29, 0.717) is 18.5 Å². The molecule has 6 nitrogen and oxygen atoms in total. The number of hydrogen-bond acceptors (Lipinski definition) is 4. The molecule has 0 bridgehead atoms. The van der Waals surface area contributed by atoms with E-state index in [4.69, 9.17) is 9.90 Å². The van der Waals surface area contributed by atoms with Crippen molar-refractivity contribution >= 4 is 18.1 Å². The van der Waals surface area contributed by atoms with Crippen molar-refractivity contribution in [3.63, 3.8) is 0 Å². The van der Waals surface area contributed by atoms with Crippen LogP contribution in [0, 0.1) is 12.7 Å². The zero-order valence-electron chi connectivity index (χ0n) is 17.8. The van der Waals surface area contributed by atoms with Crippen LogP contribution in [0.15, 0.2) is 48.5 Å². The van der Waals surface area contributed by atoms with Gasteiger partial charge in [0.05, 0.1) is 0 Å². The van der Waals surface area contributed by atoms with Crippen molar-refractivity contribution in [3.05, 3.63) is 65.5 Å². The van der Waals surface area contributed by atoms with Gasteiger partial charge in [0, 0.05) is 39.4 Å².